The average molecular weight is 295 g/mol. The Hall–Kier alpha value is -1.29. The number of phenolic OH excluding ortho intramolecular Hbond substituents is 1. The number of nitrogens with zero attached hydrogens (tertiary/aromatic N) is 1. The van der Waals surface area contributed by atoms with E-state index < -0.39 is 0 Å². The molecule has 3 nitrogen and oxygen atoms in total. The standard InChI is InChI=1S/C16H25NO2S/c1-10(2)13-7-12(9-19-16(20)17(5)6)8-14(11(3)4)15(13)18/h7-8,10-11,18H,9H2,1-6H3. The Balaban J connectivity index is 3.05. The molecule has 0 fully saturated rings. The van der Waals surface area contributed by atoms with Crippen LogP contribution in [-0.4, -0.2) is 29.3 Å². The highest BCUT2D eigenvalue weighted by molar-refractivity contribution is 7.79. The fraction of sp³-hybridized carbons (Fsp3) is 0.562. The van der Waals surface area contributed by atoms with Gasteiger partial charge in [-0.25, -0.2) is 0 Å². The van der Waals surface area contributed by atoms with Crippen molar-refractivity contribution < 1.29 is 9.84 Å². The molecule has 1 aromatic carbocycles. The Bertz CT molecular complexity index is 452. The zero-order valence-electron chi connectivity index (χ0n) is 13.2. The van der Waals surface area contributed by atoms with Crippen molar-refractivity contribution in [2.75, 3.05) is 14.1 Å². The van der Waals surface area contributed by atoms with Crippen molar-refractivity contribution in [3.05, 3.63) is 28.8 Å². The summed E-state index contributed by atoms with van der Waals surface area (Å²) in [4.78, 5) is 1.77. The molecule has 112 valence electrons. The summed E-state index contributed by atoms with van der Waals surface area (Å²) in [5.74, 6) is 0.954. The highest BCUT2D eigenvalue weighted by Crippen LogP contribution is 2.34. The van der Waals surface area contributed by atoms with E-state index in [1.165, 1.54) is 0 Å². The summed E-state index contributed by atoms with van der Waals surface area (Å²) < 4.78 is 5.57. The van der Waals surface area contributed by atoms with Crippen LogP contribution in [0.4, 0.5) is 0 Å². The quantitative estimate of drug-likeness (QED) is 0.851. The Morgan fingerprint density at radius 2 is 1.60 bits per heavy atom. The third-order valence-corrected chi connectivity index (χ3v) is 3.68. The van der Waals surface area contributed by atoms with E-state index in [0.29, 0.717) is 17.5 Å². The summed E-state index contributed by atoms with van der Waals surface area (Å²) in [6.07, 6.45) is 0. The van der Waals surface area contributed by atoms with Crippen molar-refractivity contribution in [2.24, 2.45) is 0 Å². The Morgan fingerprint density at radius 3 is 1.95 bits per heavy atom. The molecule has 0 unspecified atom stereocenters. The van der Waals surface area contributed by atoms with Crippen molar-refractivity contribution in [3.8, 4) is 5.75 Å². The van der Waals surface area contributed by atoms with Crippen molar-refractivity contribution in [2.45, 2.75) is 46.1 Å². The molecule has 0 atom stereocenters. The van der Waals surface area contributed by atoms with Gasteiger partial charge in [0.2, 0.25) is 0 Å². The molecule has 4 heteroatoms. The average Bonchev–Trinajstić information content (AvgIpc) is 2.35. The third-order valence-electron chi connectivity index (χ3n) is 3.20. The van der Waals surface area contributed by atoms with Gasteiger partial charge in [-0.3, -0.25) is 0 Å². The Labute approximate surface area is 127 Å². The number of hydrogen-bond donors (Lipinski definition) is 1. The molecule has 0 aromatic heterocycles. The maximum absolute atomic E-state index is 10.3. The molecule has 0 saturated heterocycles. The van der Waals surface area contributed by atoms with Crippen LogP contribution in [0.1, 0.15) is 56.2 Å². The van der Waals surface area contributed by atoms with E-state index in [1.54, 1.807) is 4.90 Å². The molecule has 0 aliphatic rings. The molecule has 1 aromatic rings. The Kier molecular flexibility index (Phi) is 5.81. The summed E-state index contributed by atoms with van der Waals surface area (Å²) in [6, 6.07) is 4.01. The Morgan fingerprint density at radius 1 is 1.15 bits per heavy atom. The lowest BCUT2D eigenvalue weighted by molar-refractivity contribution is 0.257. The highest BCUT2D eigenvalue weighted by Gasteiger charge is 2.15. The summed E-state index contributed by atoms with van der Waals surface area (Å²) in [5.41, 5.74) is 2.97. The molecule has 20 heavy (non-hydrogen) atoms. The van der Waals surface area contributed by atoms with E-state index in [1.807, 2.05) is 26.2 Å². The van der Waals surface area contributed by atoms with Crippen molar-refractivity contribution in [1.29, 1.82) is 0 Å². The van der Waals surface area contributed by atoms with Crippen LogP contribution in [0.3, 0.4) is 0 Å². The minimum absolute atomic E-state index is 0.272. The fourth-order valence-corrected chi connectivity index (χ4v) is 2.04. The SMILES string of the molecule is CC(C)c1cc(COC(=S)N(C)C)cc(C(C)C)c1O. The lowest BCUT2D eigenvalue weighted by atomic mass is 9.92. The summed E-state index contributed by atoms with van der Waals surface area (Å²) >= 11 is 5.13. The monoisotopic (exact) mass is 295 g/mol. The van der Waals surface area contributed by atoms with Crippen molar-refractivity contribution in [1.82, 2.24) is 4.90 Å². The second kappa shape index (κ2) is 6.93. The lowest BCUT2D eigenvalue weighted by Gasteiger charge is -2.19. The van der Waals surface area contributed by atoms with Gasteiger partial charge in [-0.05, 0) is 52.9 Å². The zero-order chi connectivity index (χ0) is 15.4. The van der Waals surface area contributed by atoms with E-state index in [9.17, 15) is 5.11 Å². The third kappa shape index (κ3) is 4.10. The first-order valence-electron chi connectivity index (χ1n) is 6.93. The highest BCUT2D eigenvalue weighted by atomic mass is 32.1. The first-order chi connectivity index (χ1) is 9.23. The van der Waals surface area contributed by atoms with E-state index in [2.05, 4.69) is 27.7 Å². The maximum Gasteiger partial charge on any atom is 0.259 e. The zero-order valence-corrected chi connectivity index (χ0v) is 14.0. The van der Waals surface area contributed by atoms with E-state index in [0.717, 1.165) is 16.7 Å². The van der Waals surface area contributed by atoms with Crippen LogP contribution >= 0.6 is 12.2 Å². The minimum Gasteiger partial charge on any atom is -0.507 e. The summed E-state index contributed by atoms with van der Waals surface area (Å²) in [7, 11) is 3.72. The van der Waals surface area contributed by atoms with Gasteiger partial charge in [0, 0.05) is 14.1 Å². The number of thiocarbonyl (C=S) groups is 1. The predicted molar refractivity (Wildman–Crippen MR) is 87.4 cm³/mol. The van der Waals surface area contributed by atoms with Gasteiger partial charge in [0.15, 0.2) is 0 Å². The second-order valence-corrected chi connectivity index (χ2v) is 6.23. The number of ether oxygens (including phenoxy) is 1. The topological polar surface area (TPSA) is 32.7 Å². The molecule has 1 N–H and O–H groups in total. The van der Waals surface area contributed by atoms with Crippen LogP contribution in [0.25, 0.3) is 0 Å². The predicted octanol–water partition coefficient (Wildman–Crippen LogP) is 4.00. The van der Waals surface area contributed by atoms with Crippen molar-refractivity contribution >= 4 is 17.4 Å². The smallest absolute Gasteiger partial charge is 0.259 e. The molecule has 0 spiro atoms. The van der Waals surface area contributed by atoms with Crippen LogP contribution in [0, 0.1) is 0 Å². The van der Waals surface area contributed by atoms with E-state index in [4.69, 9.17) is 17.0 Å². The van der Waals surface area contributed by atoms with Crippen LogP contribution < -0.4 is 0 Å². The number of aromatic hydroxyl groups is 1. The molecule has 1 rings (SSSR count). The van der Waals surface area contributed by atoms with Gasteiger partial charge in [-0.15, -0.1) is 0 Å². The van der Waals surface area contributed by atoms with Crippen LogP contribution in [0.2, 0.25) is 0 Å². The molecule has 0 aliphatic carbocycles. The van der Waals surface area contributed by atoms with Gasteiger partial charge in [0.25, 0.3) is 5.17 Å². The minimum atomic E-state index is 0.272. The summed E-state index contributed by atoms with van der Waals surface area (Å²) in [6.45, 7) is 8.74. The first kappa shape index (κ1) is 16.8. The summed E-state index contributed by atoms with van der Waals surface area (Å²) in [5, 5.41) is 10.8. The molecule has 0 radical (unpaired) electrons. The van der Waals surface area contributed by atoms with Gasteiger partial charge >= 0.3 is 0 Å². The van der Waals surface area contributed by atoms with Crippen LogP contribution in [-0.2, 0) is 11.3 Å². The van der Waals surface area contributed by atoms with Crippen molar-refractivity contribution in [3.63, 3.8) is 0 Å². The van der Waals surface area contributed by atoms with Crippen LogP contribution in [0.15, 0.2) is 12.1 Å². The van der Waals surface area contributed by atoms with E-state index >= 15 is 0 Å². The van der Waals surface area contributed by atoms with Gasteiger partial charge in [0.05, 0.1) is 0 Å². The number of phenols is 1. The fourth-order valence-electron chi connectivity index (χ4n) is 1.98. The molecule has 0 bridgehead atoms. The molecule has 0 heterocycles. The number of rotatable bonds is 4. The van der Waals surface area contributed by atoms with Gasteiger partial charge in [0.1, 0.15) is 12.4 Å². The number of benzene rings is 1. The molecular formula is C16H25NO2S. The van der Waals surface area contributed by atoms with E-state index in [-0.39, 0.29) is 11.8 Å². The van der Waals surface area contributed by atoms with Gasteiger partial charge in [-0.2, -0.15) is 0 Å². The number of hydrogen-bond acceptors (Lipinski definition) is 3. The normalized spacial score (nSPS) is 11.0. The van der Waals surface area contributed by atoms with Gasteiger partial charge in [-0.1, -0.05) is 27.7 Å². The van der Waals surface area contributed by atoms with Crippen LogP contribution in [0.5, 0.6) is 5.75 Å². The molecular weight excluding hydrogens is 270 g/mol. The maximum atomic E-state index is 10.3. The largest absolute Gasteiger partial charge is 0.507 e. The first-order valence-corrected chi connectivity index (χ1v) is 7.34. The second-order valence-electron chi connectivity index (χ2n) is 5.88. The van der Waals surface area contributed by atoms with Gasteiger partial charge < -0.3 is 14.7 Å². The lowest BCUT2D eigenvalue weighted by Crippen LogP contribution is -2.22. The molecule has 0 aliphatic heterocycles. The molecule has 0 saturated carbocycles. The molecule has 0 amide bonds.